The van der Waals surface area contributed by atoms with E-state index in [2.05, 4.69) is 28.2 Å². The zero-order valence-corrected chi connectivity index (χ0v) is 16.8. The van der Waals surface area contributed by atoms with Crippen molar-refractivity contribution in [3.63, 3.8) is 0 Å². The first-order valence-corrected chi connectivity index (χ1v) is 9.42. The van der Waals surface area contributed by atoms with Gasteiger partial charge in [-0.3, -0.25) is 20.4 Å². The summed E-state index contributed by atoms with van der Waals surface area (Å²) in [5, 5.41) is 7.88. The fourth-order valence-corrected chi connectivity index (χ4v) is 2.73. The Balaban J connectivity index is 2.10. The first kappa shape index (κ1) is 20.9. The molecule has 1 amide bonds. The Morgan fingerprint density at radius 2 is 2.00 bits per heavy atom. The quantitative estimate of drug-likeness (QED) is 0.387. The van der Waals surface area contributed by atoms with Gasteiger partial charge in [0.2, 0.25) is 5.43 Å². The van der Waals surface area contributed by atoms with Crippen LogP contribution in [0.25, 0.3) is 5.69 Å². The van der Waals surface area contributed by atoms with E-state index < -0.39 is 11.3 Å². The molecule has 1 aromatic carbocycles. The van der Waals surface area contributed by atoms with Gasteiger partial charge in [-0.2, -0.15) is 5.10 Å². The van der Waals surface area contributed by atoms with Gasteiger partial charge >= 0.3 is 0 Å². The average molecular weight is 408 g/mol. The van der Waals surface area contributed by atoms with Crippen molar-refractivity contribution in [3.8, 4) is 5.69 Å². The zero-order chi connectivity index (χ0) is 19.8. The second kappa shape index (κ2) is 10.0. The monoisotopic (exact) mass is 407 g/mol. The highest BCUT2D eigenvalue weighted by atomic mass is 35.5. The Hall–Kier alpha value is -2.45. The Kier molecular flexibility index (Phi) is 7.75. The summed E-state index contributed by atoms with van der Waals surface area (Å²) in [5.74, 6) is -0.682. The number of aryl methyl sites for hydroxylation is 1. The lowest BCUT2D eigenvalue weighted by atomic mass is 10.2. The topological polar surface area (TPSA) is 88.0 Å². The number of hydrogen-bond acceptors (Lipinski definition) is 4. The van der Waals surface area contributed by atoms with Crippen molar-refractivity contribution in [2.45, 2.75) is 33.1 Å². The maximum atomic E-state index is 12.4. The molecule has 0 aliphatic carbocycles. The molecule has 0 saturated heterocycles. The number of halogens is 1. The lowest BCUT2D eigenvalue weighted by molar-refractivity contribution is 0.0935. The number of carbonyl (C=O) groups is 1. The maximum Gasteiger partial charge on any atom is 0.294 e. The second-order valence-electron chi connectivity index (χ2n) is 5.90. The Labute approximate surface area is 168 Å². The van der Waals surface area contributed by atoms with E-state index in [-0.39, 0.29) is 10.8 Å². The fraction of sp³-hybridized carbons (Fsp3) is 0.333. The molecule has 7 nitrogen and oxygen atoms in total. The number of aromatic nitrogens is 2. The third-order valence-corrected chi connectivity index (χ3v) is 4.32. The summed E-state index contributed by atoms with van der Waals surface area (Å²) >= 11 is 11.3. The summed E-state index contributed by atoms with van der Waals surface area (Å²) in [4.78, 5) is 24.5. The number of nitrogens with zero attached hydrogens (tertiary/aromatic N) is 2. The maximum absolute atomic E-state index is 12.4. The van der Waals surface area contributed by atoms with Gasteiger partial charge in [0.05, 0.1) is 10.7 Å². The van der Waals surface area contributed by atoms with Crippen LogP contribution in [0.15, 0.2) is 35.1 Å². The Morgan fingerprint density at radius 1 is 1.26 bits per heavy atom. The van der Waals surface area contributed by atoms with Crippen molar-refractivity contribution in [2.75, 3.05) is 6.54 Å². The molecule has 0 unspecified atom stereocenters. The third kappa shape index (κ3) is 5.77. The molecule has 0 aliphatic rings. The summed E-state index contributed by atoms with van der Waals surface area (Å²) in [7, 11) is 0. The Morgan fingerprint density at radius 3 is 2.70 bits per heavy atom. The number of para-hydroxylation sites is 1. The molecule has 0 atom stereocenters. The standard InChI is InChI=1S/C18H22ClN5O2S/c1-3-4-7-10-20-18(27)22-21-17(26)16-15(25)11-12(2)24(23-16)14-9-6-5-8-13(14)19/h5-6,8-9,11H,3-4,7,10H2,1-2H3,(H,21,26)(H2,20,22,27). The highest BCUT2D eigenvalue weighted by Crippen LogP contribution is 2.19. The van der Waals surface area contributed by atoms with E-state index in [4.69, 9.17) is 23.8 Å². The highest BCUT2D eigenvalue weighted by Gasteiger charge is 2.16. The van der Waals surface area contributed by atoms with Crippen molar-refractivity contribution in [1.29, 1.82) is 0 Å². The van der Waals surface area contributed by atoms with Gasteiger partial charge in [-0.15, -0.1) is 0 Å². The van der Waals surface area contributed by atoms with Crippen LogP contribution in [0.3, 0.4) is 0 Å². The van der Waals surface area contributed by atoms with Crippen LogP contribution in [-0.4, -0.2) is 27.3 Å². The fourth-order valence-electron chi connectivity index (χ4n) is 2.37. The molecule has 0 saturated carbocycles. The molecule has 9 heteroatoms. The van der Waals surface area contributed by atoms with Crippen molar-refractivity contribution < 1.29 is 4.79 Å². The van der Waals surface area contributed by atoms with Gasteiger partial charge in [-0.25, -0.2) is 4.68 Å². The summed E-state index contributed by atoms with van der Waals surface area (Å²) in [6, 6.07) is 8.38. The molecule has 144 valence electrons. The van der Waals surface area contributed by atoms with Crippen molar-refractivity contribution in [2.24, 2.45) is 0 Å². The summed E-state index contributed by atoms with van der Waals surface area (Å²) in [6.45, 7) is 4.53. The van der Waals surface area contributed by atoms with E-state index in [0.717, 1.165) is 19.3 Å². The van der Waals surface area contributed by atoms with E-state index in [1.807, 2.05) is 0 Å². The minimum absolute atomic E-state index is 0.262. The Bertz CT molecular complexity index is 884. The first-order valence-electron chi connectivity index (χ1n) is 8.64. The van der Waals surface area contributed by atoms with Gasteiger partial charge in [-0.05, 0) is 37.7 Å². The average Bonchev–Trinajstić information content (AvgIpc) is 2.64. The zero-order valence-electron chi connectivity index (χ0n) is 15.2. The van der Waals surface area contributed by atoms with E-state index in [0.29, 0.717) is 22.9 Å². The third-order valence-electron chi connectivity index (χ3n) is 3.76. The minimum atomic E-state index is -0.682. The van der Waals surface area contributed by atoms with Gasteiger partial charge in [0.15, 0.2) is 10.8 Å². The molecule has 0 aliphatic heterocycles. The van der Waals surface area contributed by atoms with Crippen molar-refractivity contribution >= 4 is 34.8 Å². The van der Waals surface area contributed by atoms with Gasteiger partial charge in [0.25, 0.3) is 5.91 Å². The van der Waals surface area contributed by atoms with Crippen LogP contribution in [0.1, 0.15) is 42.4 Å². The van der Waals surface area contributed by atoms with Crippen molar-refractivity contribution in [1.82, 2.24) is 25.9 Å². The van der Waals surface area contributed by atoms with Crippen LogP contribution in [0.2, 0.25) is 5.02 Å². The number of nitrogens with one attached hydrogen (secondary N) is 3. The largest absolute Gasteiger partial charge is 0.361 e. The normalized spacial score (nSPS) is 10.3. The number of carbonyl (C=O) groups excluding carboxylic acids is 1. The SMILES string of the molecule is CCCCCNC(=S)NNC(=O)c1nn(-c2ccccc2Cl)c(C)cc1=O. The summed E-state index contributed by atoms with van der Waals surface area (Å²) < 4.78 is 1.46. The van der Waals surface area contributed by atoms with Gasteiger partial charge in [0.1, 0.15) is 0 Å². The number of hydrazine groups is 1. The molecular formula is C18H22ClN5O2S. The van der Waals surface area contributed by atoms with Crippen LogP contribution in [-0.2, 0) is 0 Å². The molecule has 0 radical (unpaired) electrons. The van der Waals surface area contributed by atoms with Crippen LogP contribution < -0.4 is 21.6 Å². The van der Waals surface area contributed by atoms with Gasteiger partial charge in [0, 0.05) is 18.3 Å². The van der Waals surface area contributed by atoms with Crippen LogP contribution >= 0.6 is 23.8 Å². The molecular weight excluding hydrogens is 386 g/mol. The van der Waals surface area contributed by atoms with Gasteiger partial charge in [-0.1, -0.05) is 43.5 Å². The molecule has 0 spiro atoms. The molecule has 3 N–H and O–H groups in total. The number of benzene rings is 1. The van der Waals surface area contributed by atoms with Crippen LogP contribution in [0.4, 0.5) is 0 Å². The van der Waals surface area contributed by atoms with Crippen LogP contribution in [0, 0.1) is 6.92 Å². The predicted octanol–water partition coefficient (Wildman–Crippen LogP) is 2.49. The molecule has 2 rings (SSSR count). The van der Waals surface area contributed by atoms with Gasteiger partial charge < -0.3 is 5.32 Å². The van der Waals surface area contributed by atoms with E-state index in [9.17, 15) is 9.59 Å². The summed E-state index contributed by atoms with van der Waals surface area (Å²) in [5.41, 5.74) is 5.35. The number of unbranched alkanes of at least 4 members (excludes halogenated alkanes) is 2. The minimum Gasteiger partial charge on any atom is -0.361 e. The smallest absolute Gasteiger partial charge is 0.294 e. The van der Waals surface area contributed by atoms with Crippen molar-refractivity contribution in [3.05, 3.63) is 57.0 Å². The summed E-state index contributed by atoms with van der Waals surface area (Å²) in [6.07, 6.45) is 3.18. The van der Waals surface area contributed by atoms with E-state index in [1.54, 1.807) is 31.2 Å². The molecule has 0 bridgehead atoms. The number of amides is 1. The first-order chi connectivity index (χ1) is 12.9. The number of hydrogen-bond donors (Lipinski definition) is 3. The lowest BCUT2D eigenvalue weighted by Crippen LogP contribution is -2.48. The second-order valence-corrected chi connectivity index (χ2v) is 6.72. The molecule has 1 heterocycles. The molecule has 1 aromatic heterocycles. The number of rotatable bonds is 6. The molecule has 0 fully saturated rings. The van der Waals surface area contributed by atoms with Crippen LogP contribution in [0.5, 0.6) is 0 Å². The predicted molar refractivity (Wildman–Crippen MR) is 110 cm³/mol. The molecule has 27 heavy (non-hydrogen) atoms. The highest BCUT2D eigenvalue weighted by molar-refractivity contribution is 7.80. The molecule has 2 aromatic rings. The lowest BCUT2D eigenvalue weighted by Gasteiger charge is -2.14. The number of thiocarbonyl (C=S) groups is 1. The van der Waals surface area contributed by atoms with E-state index >= 15 is 0 Å². The van der Waals surface area contributed by atoms with E-state index in [1.165, 1.54) is 10.7 Å².